The molecule has 1 aromatic heterocycles. The fourth-order valence-corrected chi connectivity index (χ4v) is 3.37. The molecule has 1 aliphatic carbocycles. The largest absolute Gasteiger partial charge is 0.355 e. The molecule has 1 aromatic rings. The number of anilines is 1. The molecule has 0 N–H and O–H groups in total. The molecule has 0 aliphatic heterocycles. The van der Waals surface area contributed by atoms with E-state index in [0.29, 0.717) is 17.8 Å². The van der Waals surface area contributed by atoms with E-state index in [1.54, 1.807) is 26.0 Å². The molecule has 0 aromatic carbocycles. The highest BCUT2D eigenvalue weighted by Crippen LogP contribution is 2.36. The Balaban J connectivity index is 2.61. The number of aromatic nitrogens is 3. The van der Waals surface area contributed by atoms with Crippen molar-refractivity contribution in [3.63, 3.8) is 0 Å². The van der Waals surface area contributed by atoms with Crippen molar-refractivity contribution in [2.24, 2.45) is 18.9 Å². The molecule has 0 saturated heterocycles. The standard InChI is InChI=1S/C14H24N4O2/c1-9-7-6-8-10(2)11(9)18-13(19)15-12(16(3)4)17(5)14(18)20/h9-11H,6-8H2,1-5H3. The smallest absolute Gasteiger partial charge is 0.348 e. The van der Waals surface area contributed by atoms with E-state index in [9.17, 15) is 9.59 Å². The first kappa shape index (κ1) is 14.8. The molecule has 2 rings (SSSR count). The van der Waals surface area contributed by atoms with Crippen LogP contribution in [0.25, 0.3) is 0 Å². The van der Waals surface area contributed by atoms with Gasteiger partial charge >= 0.3 is 11.4 Å². The van der Waals surface area contributed by atoms with E-state index in [-0.39, 0.29) is 11.7 Å². The van der Waals surface area contributed by atoms with Crippen molar-refractivity contribution >= 4 is 5.95 Å². The lowest BCUT2D eigenvalue weighted by Gasteiger charge is -2.35. The van der Waals surface area contributed by atoms with Gasteiger partial charge in [-0.25, -0.2) is 14.2 Å². The van der Waals surface area contributed by atoms with Crippen molar-refractivity contribution in [2.45, 2.75) is 39.2 Å². The summed E-state index contributed by atoms with van der Waals surface area (Å²) in [6.07, 6.45) is 3.27. The zero-order valence-electron chi connectivity index (χ0n) is 13.0. The molecule has 1 heterocycles. The molecule has 0 radical (unpaired) electrons. The molecular formula is C14H24N4O2. The SMILES string of the molecule is CC1CCCC(C)C1n1c(=O)nc(N(C)C)n(C)c1=O. The zero-order chi connectivity index (χ0) is 15.0. The first-order valence-corrected chi connectivity index (χ1v) is 7.21. The number of nitrogens with zero attached hydrogens (tertiary/aromatic N) is 4. The Bertz CT molecular complexity index is 592. The van der Waals surface area contributed by atoms with Crippen molar-refractivity contribution in [1.29, 1.82) is 0 Å². The minimum Gasteiger partial charge on any atom is -0.348 e. The van der Waals surface area contributed by atoms with Crippen LogP contribution >= 0.6 is 0 Å². The number of rotatable bonds is 2. The predicted octanol–water partition coefficient (Wildman–Crippen LogP) is 1.01. The molecule has 1 aliphatic rings. The normalized spacial score (nSPS) is 26.6. The summed E-state index contributed by atoms with van der Waals surface area (Å²) in [5, 5.41) is 0. The van der Waals surface area contributed by atoms with E-state index in [1.165, 1.54) is 9.13 Å². The molecule has 1 saturated carbocycles. The van der Waals surface area contributed by atoms with Crippen LogP contribution in [0.3, 0.4) is 0 Å². The molecular weight excluding hydrogens is 256 g/mol. The molecule has 20 heavy (non-hydrogen) atoms. The molecule has 6 heteroatoms. The first-order valence-electron chi connectivity index (χ1n) is 7.21. The van der Waals surface area contributed by atoms with E-state index in [1.807, 2.05) is 0 Å². The van der Waals surface area contributed by atoms with Crippen molar-refractivity contribution in [3.05, 3.63) is 21.0 Å². The van der Waals surface area contributed by atoms with Gasteiger partial charge in [0, 0.05) is 27.2 Å². The summed E-state index contributed by atoms with van der Waals surface area (Å²) in [6.45, 7) is 4.23. The molecule has 2 atom stereocenters. The first-order chi connectivity index (χ1) is 9.34. The van der Waals surface area contributed by atoms with Crippen molar-refractivity contribution in [3.8, 4) is 0 Å². The highest BCUT2D eigenvalue weighted by Gasteiger charge is 2.32. The van der Waals surface area contributed by atoms with E-state index >= 15 is 0 Å². The van der Waals surface area contributed by atoms with Gasteiger partial charge in [0.15, 0.2) is 0 Å². The third-order valence-electron chi connectivity index (χ3n) is 4.38. The Kier molecular flexibility index (Phi) is 4.01. The summed E-state index contributed by atoms with van der Waals surface area (Å²) in [7, 11) is 5.22. The highest BCUT2D eigenvalue weighted by atomic mass is 16.2. The van der Waals surface area contributed by atoms with Gasteiger partial charge in [0.1, 0.15) is 0 Å². The van der Waals surface area contributed by atoms with E-state index < -0.39 is 5.69 Å². The Morgan fingerprint density at radius 2 is 1.70 bits per heavy atom. The summed E-state index contributed by atoms with van der Waals surface area (Å²) >= 11 is 0. The van der Waals surface area contributed by atoms with Gasteiger partial charge in [0.05, 0.1) is 0 Å². The van der Waals surface area contributed by atoms with Crippen molar-refractivity contribution < 1.29 is 0 Å². The van der Waals surface area contributed by atoms with Crippen LogP contribution in [0.1, 0.15) is 39.2 Å². The van der Waals surface area contributed by atoms with Crippen LogP contribution in [-0.2, 0) is 7.05 Å². The molecule has 1 fully saturated rings. The van der Waals surface area contributed by atoms with Crippen LogP contribution in [0.2, 0.25) is 0 Å². The van der Waals surface area contributed by atoms with Crippen LogP contribution in [0, 0.1) is 11.8 Å². The fraction of sp³-hybridized carbons (Fsp3) is 0.786. The molecule has 0 spiro atoms. The van der Waals surface area contributed by atoms with Gasteiger partial charge in [0.25, 0.3) is 0 Å². The topological polar surface area (TPSA) is 60.1 Å². The molecule has 0 amide bonds. The minimum absolute atomic E-state index is 0.0429. The van der Waals surface area contributed by atoms with Crippen LogP contribution < -0.4 is 16.3 Å². The molecule has 2 unspecified atom stereocenters. The van der Waals surface area contributed by atoms with Crippen LogP contribution in [0.4, 0.5) is 5.95 Å². The monoisotopic (exact) mass is 280 g/mol. The van der Waals surface area contributed by atoms with Crippen LogP contribution in [0.5, 0.6) is 0 Å². The second-order valence-corrected chi connectivity index (χ2v) is 6.18. The second-order valence-electron chi connectivity index (χ2n) is 6.18. The Hall–Kier alpha value is -1.59. The summed E-state index contributed by atoms with van der Waals surface area (Å²) in [6, 6.07) is -0.0429. The van der Waals surface area contributed by atoms with Gasteiger partial charge in [-0.1, -0.05) is 20.3 Å². The van der Waals surface area contributed by atoms with Gasteiger partial charge in [0.2, 0.25) is 5.95 Å². The minimum atomic E-state index is -0.428. The lowest BCUT2D eigenvalue weighted by Crippen LogP contribution is -2.48. The zero-order valence-corrected chi connectivity index (χ0v) is 13.0. The van der Waals surface area contributed by atoms with Crippen LogP contribution in [-0.4, -0.2) is 28.2 Å². The van der Waals surface area contributed by atoms with Crippen molar-refractivity contribution in [1.82, 2.24) is 14.1 Å². The lowest BCUT2D eigenvalue weighted by atomic mass is 9.78. The third-order valence-corrected chi connectivity index (χ3v) is 4.38. The highest BCUT2D eigenvalue weighted by molar-refractivity contribution is 5.25. The average Bonchev–Trinajstić information content (AvgIpc) is 2.37. The molecule has 6 nitrogen and oxygen atoms in total. The van der Waals surface area contributed by atoms with E-state index in [2.05, 4.69) is 18.8 Å². The fourth-order valence-electron chi connectivity index (χ4n) is 3.37. The predicted molar refractivity (Wildman–Crippen MR) is 79.3 cm³/mol. The van der Waals surface area contributed by atoms with Gasteiger partial charge in [-0.05, 0) is 24.7 Å². The van der Waals surface area contributed by atoms with Crippen molar-refractivity contribution in [2.75, 3.05) is 19.0 Å². The number of hydrogen-bond acceptors (Lipinski definition) is 4. The third kappa shape index (κ3) is 2.39. The molecule has 0 bridgehead atoms. The van der Waals surface area contributed by atoms with Gasteiger partial charge < -0.3 is 4.90 Å². The summed E-state index contributed by atoms with van der Waals surface area (Å²) < 4.78 is 2.82. The Labute approximate surface area is 119 Å². The maximum atomic E-state index is 12.6. The van der Waals surface area contributed by atoms with E-state index in [0.717, 1.165) is 19.3 Å². The Morgan fingerprint density at radius 3 is 2.20 bits per heavy atom. The Morgan fingerprint density at radius 1 is 1.15 bits per heavy atom. The van der Waals surface area contributed by atoms with E-state index in [4.69, 9.17) is 0 Å². The second kappa shape index (κ2) is 5.42. The number of hydrogen-bond donors (Lipinski definition) is 0. The van der Waals surface area contributed by atoms with Gasteiger partial charge in [-0.2, -0.15) is 4.98 Å². The van der Waals surface area contributed by atoms with Gasteiger partial charge in [-0.3, -0.25) is 4.57 Å². The lowest BCUT2D eigenvalue weighted by molar-refractivity contribution is 0.170. The van der Waals surface area contributed by atoms with Crippen LogP contribution in [0.15, 0.2) is 9.59 Å². The maximum absolute atomic E-state index is 12.6. The molecule has 112 valence electrons. The van der Waals surface area contributed by atoms with Gasteiger partial charge in [-0.15, -0.1) is 0 Å². The average molecular weight is 280 g/mol. The maximum Gasteiger partial charge on any atom is 0.355 e. The summed E-state index contributed by atoms with van der Waals surface area (Å²) in [5.41, 5.74) is -0.693. The quantitative estimate of drug-likeness (QED) is 0.811. The summed E-state index contributed by atoms with van der Waals surface area (Å²) in [5.74, 6) is 1.06. The summed E-state index contributed by atoms with van der Waals surface area (Å²) in [4.78, 5) is 30.6.